The lowest BCUT2D eigenvalue weighted by Crippen LogP contribution is -2.46. The predicted octanol–water partition coefficient (Wildman–Crippen LogP) is 1.88. The third-order valence-corrected chi connectivity index (χ3v) is 4.88. The molecule has 2 fully saturated rings. The molecule has 0 saturated carbocycles. The Morgan fingerprint density at radius 2 is 2.35 bits per heavy atom. The second-order valence-electron chi connectivity index (χ2n) is 5.06. The maximum Gasteiger partial charge on any atom is 0.263 e. The van der Waals surface area contributed by atoms with Crippen molar-refractivity contribution in [1.82, 2.24) is 10.2 Å². The molecule has 1 aromatic rings. The maximum absolute atomic E-state index is 12.3. The van der Waals surface area contributed by atoms with E-state index in [1.54, 1.807) is 11.3 Å². The summed E-state index contributed by atoms with van der Waals surface area (Å²) in [6, 6.07) is 4.65. The molecule has 92 valence electrons. The monoisotopic (exact) mass is 250 g/mol. The third kappa shape index (κ3) is 2.11. The fourth-order valence-electron chi connectivity index (χ4n) is 2.94. The van der Waals surface area contributed by atoms with Gasteiger partial charge in [-0.25, -0.2) is 0 Å². The van der Waals surface area contributed by atoms with Crippen molar-refractivity contribution in [3.63, 3.8) is 0 Å². The Morgan fingerprint density at radius 3 is 3.12 bits per heavy atom. The Hall–Kier alpha value is -0.870. The molecule has 0 radical (unpaired) electrons. The molecule has 2 aliphatic rings. The van der Waals surface area contributed by atoms with E-state index in [2.05, 4.69) is 12.2 Å². The lowest BCUT2D eigenvalue weighted by molar-refractivity contribution is 0.0667. The maximum atomic E-state index is 12.3. The number of nitrogens with one attached hydrogen (secondary N) is 1. The van der Waals surface area contributed by atoms with E-state index in [9.17, 15) is 4.79 Å². The van der Waals surface area contributed by atoms with E-state index in [0.29, 0.717) is 12.0 Å². The number of fused-ring (bicyclic) bond motifs is 1. The van der Waals surface area contributed by atoms with Crippen LogP contribution in [0.25, 0.3) is 0 Å². The highest BCUT2D eigenvalue weighted by Crippen LogP contribution is 2.26. The molecule has 2 unspecified atom stereocenters. The van der Waals surface area contributed by atoms with Crippen LogP contribution in [-0.4, -0.2) is 36.5 Å². The van der Waals surface area contributed by atoms with Gasteiger partial charge in [0.1, 0.15) is 0 Å². The van der Waals surface area contributed by atoms with Gasteiger partial charge < -0.3 is 10.2 Å². The second kappa shape index (κ2) is 4.42. The number of hydrogen-bond donors (Lipinski definition) is 1. The lowest BCUT2D eigenvalue weighted by Gasteiger charge is -2.34. The first-order valence-corrected chi connectivity index (χ1v) is 7.15. The van der Waals surface area contributed by atoms with Gasteiger partial charge in [0, 0.05) is 24.0 Å². The average molecular weight is 250 g/mol. The first-order chi connectivity index (χ1) is 8.24. The molecule has 1 N–H and O–H groups in total. The number of rotatable bonds is 1. The summed E-state index contributed by atoms with van der Waals surface area (Å²) in [5.41, 5.74) is 0. The number of piperidine rings is 1. The van der Waals surface area contributed by atoms with Crippen LogP contribution in [0.2, 0.25) is 0 Å². The molecule has 3 rings (SSSR count). The van der Waals surface area contributed by atoms with E-state index in [1.807, 2.05) is 17.0 Å². The summed E-state index contributed by atoms with van der Waals surface area (Å²) in [5, 5.41) is 3.53. The van der Waals surface area contributed by atoms with Gasteiger partial charge in [-0.1, -0.05) is 0 Å². The molecule has 0 bridgehead atoms. The van der Waals surface area contributed by atoms with E-state index in [1.165, 1.54) is 11.3 Å². The Labute approximate surface area is 106 Å². The minimum absolute atomic E-state index is 0.230. The highest BCUT2D eigenvalue weighted by Gasteiger charge is 2.34. The van der Waals surface area contributed by atoms with Gasteiger partial charge in [-0.15, -0.1) is 11.3 Å². The van der Waals surface area contributed by atoms with Gasteiger partial charge >= 0.3 is 0 Å². The van der Waals surface area contributed by atoms with Gasteiger partial charge in [0.15, 0.2) is 0 Å². The molecule has 1 aromatic heterocycles. The van der Waals surface area contributed by atoms with Gasteiger partial charge in [-0.3, -0.25) is 4.79 Å². The average Bonchev–Trinajstić information content (AvgIpc) is 2.95. The van der Waals surface area contributed by atoms with Crippen molar-refractivity contribution in [3.05, 3.63) is 21.9 Å². The van der Waals surface area contributed by atoms with Crippen LogP contribution in [0, 0.1) is 12.8 Å². The lowest BCUT2D eigenvalue weighted by atomic mass is 9.93. The van der Waals surface area contributed by atoms with Gasteiger partial charge in [0.25, 0.3) is 5.91 Å². The van der Waals surface area contributed by atoms with Crippen LogP contribution in [0.1, 0.15) is 27.4 Å². The summed E-state index contributed by atoms with van der Waals surface area (Å²) in [6.45, 7) is 5.02. The van der Waals surface area contributed by atoms with Crippen molar-refractivity contribution in [3.8, 4) is 0 Å². The molecule has 2 saturated heterocycles. The van der Waals surface area contributed by atoms with Crippen molar-refractivity contribution >= 4 is 17.2 Å². The summed E-state index contributed by atoms with van der Waals surface area (Å²) < 4.78 is 0. The number of hydrogen-bond acceptors (Lipinski definition) is 3. The van der Waals surface area contributed by atoms with E-state index in [0.717, 1.165) is 30.9 Å². The zero-order valence-electron chi connectivity index (χ0n) is 10.1. The topological polar surface area (TPSA) is 32.3 Å². The van der Waals surface area contributed by atoms with E-state index < -0.39 is 0 Å². The minimum Gasteiger partial charge on any atom is -0.338 e. The van der Waals surface area contributed by atoms with Crippen LogP contribution in [0.15, 0.2) is 12.1 Å². The highest BCUT2D eigenvalue weighted by atomic mass is 32.1. The Bertz CT molecular complexity index is 429. The number of aryl methyl sites for hydroxylation is 1. The Kier molecular flexibility index (Phi) is 2.92. The molecular formula is C13H18N2OS. The van der Waals surface area contributed by atoms with Crippen molar-refractivity contribution in [2.24, 2.45) is 5.92 Å². The smallest absolute Gasteiger partial charge is 0.263 e. The van der Waals surface area contributed by atoms with Crippen molar-refractivity contribution in [2.75, 3.05) is 19.6 Å². The molecule has 2 aliphatic heterocycles. The van der Waals surface area contributed by atoms with Crippen LogP contribution >= 0.6 is 11.3 Å². The van der Waals surface area contributed by atoms with Crippen LogP contribution in [0.5, 0.6) is 0 Å². The normalized spacial score (nSPS) is 28.2. The summed E-state index contributed by atoms with van der Waals surface area (Å²) in [4.78, 5) is 16.5. The minimum atomic E-state index is 0.230. The van der Waals surface area contributed by atoms with Crippen LogP contribution in [0.3, 0.4) is 0 Å². The SMILES string of the molecule is Cc1ccc(C(=O)N2CCC3NCCC3C2)s1. The number of thiophene rings is 1. The van der Waals surface area contributed by atoms with Crippen LogP contribution in [-0.2, 0) is 0 Å². The van der Waals surface area contributed by atoms with Gasteiger partial charge in [-0.2, -0.15) is 0 Å². The van der Waals surface area contributed by atoms with Crippen molar-refractivity contribution in [1.29, 1.82) is 0 Å². The Morgan fingerprint density at radius 1 is 1.47 bits per heavy atom. The van der Waals surface area contributed by atoms with Crippen molar-refractivity contribution in [2.45, 2.75) is 25.8 Å². The third-order valence-electron chi connectivity index (χ3n) is 3.89. The fourth-order valence-corrected chi connectivity index (χ4v) is 3.77. The molecule has 17 heavy (non-hydrogen) atoms. The van der Waals surface area contributed by atoms with E-state index >= 15 is 0 Å². The largest absolute Gasteiger partial charge is 0.338 e. The highest BCUT2D eigenvalue weighted by molar-refractivity contribution is 7.13. The standard InChI is InChI=1S/C13H18N2OS/c1-9-2-3-12(17-9)13(16)15-7-5-11-10(8-15)4-6-14-11/h2-3,10-11,14H,4-8H2,1H3. The molecule has 4 heteroatoms. The van der Waals surface area contributed by atoms with Crippen LogP contribution < -0.4 is 5.32 Å². The number of amides is 1. The van der Waals surface area contributed by atoms with Crippen LogP contribution in [0.4, 0.5) is 0 Å². The molecule has 1 amide bonds. The number of carbonyl (C=O) groups excluding carboxylic acids is 1. The fraction of sp³-hybridized carbons (Fsp3) is 0.615. The first-order valence-electron chi connectivity index (χ1n) is 6.33. The summed E-state index contributed by atoms with van der Waals surface area (Å²) in [6.07, 6.45) is 2.33. The van der Waals surface area contributed by atoms with Gasteiger partial charge in [0.05, 0.1) is 4.88 Å². The predicted molar refractivity (Wildman–Crippen MR) is 69.5 cm³/mol. The zero-order chi connectivity index (χ0) is 11.8. The molecule has 0 aliphatic carbocycles. The number of likely N-dealkylation sites (tertiary alicyclic amines) is 1. The van der Waals surface area contributed by atoms with Gasteiger partial charge in [-0.05, 0) is 44.4 Å². The van der Waals surface area contributed by atoms with Gasteiger partial charge in [0.2, 0.25) is 0 Å². The summed E-state index contributed by atoms with van der Waals surface area (Å²) in [7, 11) is 0. The molecule has 0 spiro atoms. The Balaban J connectivity index is 1.70. The summed E-state index contributed by atoms with van der Waals surface area (Å²) >= 11 is 1.61. The van der Waals surface area contributed by atoms with Crippen molar-refractivity contribution < 1.29 is 4.79 Å². The molecule has 3 heterocycles. The van der Waals surface area contributed by atoms with E-state index in [4.69, 9.17) is 0 Å². The first kappa shape index (κ1) is 11.2. The number of carbonyl (C=O) groups is 1. The second-order valence-corrected chi connectivity index (χ2v) is 6.35. The molecule has 3 nitrogen and oxygen atoms in total. The quantitative estimate of drug-likeness (QED) is 0.825. The molecule has 0 aromatic carbocycles. The number of nitrogens with zero attached hydrogens (tertiary/aromatic N) is 1. The summed E-state index contributed by atoms with van der Waals surface area (Å²) in [5.74, 6) is 0.905. The molecular weight excluding hydrogens is 232 g/mol. The van der Waals surface area contributed by atoms with E-state index in [-0.39, 0.29) is 5.91 Å². The molecule has 2 atom stereocenters. The zero-order valence-corrected chi connectivity index (χ0v) is 10.9.